The van der Waals surface area contributed by atoms with E-state index in [1.807, 2.05) is 24.3 Å². The van der Waals surface area contributed by atoms with Crippen molar-refractivity contribution in [3.05, 3.63) is 36.2 Å². The van der Waals surface area contributed by atoms with Gasteiger partial charge in [0.2, 0.25) is 17.7 Å². The lowest BCUT2D eigenvalue weighted by atomic mass is 9.81. The van der Waals surface area contributed by atoms with Crippen LogP contribution in [0.1, 0.15) is 38.0 Å². The topological polar surface area (TPSA) is 84.2 Å². The van der Waals surface area contributed by atoms with Gasteiger partial charge in [-0.2, -0.15) is 0 Å². The Kier molecular flexibility index (Phi) is 4.64. The van der Waals surface area contributed by atoms with Gasteiger partial charge >= 0.3 is 0 Å². The van der Waals surface area contributed by atoms with Crippen molar-refractivity contribution in [2.24, 2.45) is 0 Å². The molecule has 6 nitrogen and oxygen atoms in total. The van der Waals surface area contributed by atoms with Gasteiger partial charge in [0.05, 0.1) is 0 Å². The minimum Gasteiger partial charge on any atom is -0.437 e. The summed E-state index contributed by atoms with van der Waals surface area (Å²) in [5, 5.41) is 5.54. The molecule has 0 bridgehead atoms. The largest absolute Gasteiger partial charge is 0.437 e. The summed E-state index contributed by atoms with van der Waals surface area (Å²) in [5.41, 5.74) is 0.605. The number of rotatable bonds is 4. The van der Waals surface area contributed by atoms with E-state index in [1.54, 1.807) is 7.05 Å². The van der Waals surface area contributed by atoms with E-state index in [0.717, 1.165) is 24.8 Å². The third-order valence-corrected chi connectivity index (χ3v) is 4.42. The molecule has 3 rings (SSSR count). The van der Waals surface area contributed by atoms with E-state index >= 15 is 0 Å². The fourth-order valence-corrected chi connectivity index (χ4v) is 3.19. The third-order valence-electron chi connectivity index (χ3n) is 4.42. The summed E-state index contributed by atoms with van der Waals surface area (Å²) in [6, 6.07) is 7.41. The molecule has 0 unspecified atom stereocenters. The monoisotopic (exact) mass is 327 g/mol. The molecule has 1 fully saturated rings. The number of carbonyl (C=O) groups is 2. The fourth-order valence-electron chi connectivity index (χ4n) is 3.19. The number of oxazole rings is 1. The summed E-state index contributed by atoms with van der Waals surface area (Å²) in [6.07, 6.45) is 7.17. The summed E-state index contributed by atoms with van der Waals surface area (Å²) >= 11 is 0. The third kappa shape index (κ3) is 3.32. The van der Waals surface area contributed by atoms with Crippen LogP contribution in [0.4, 0.5) is 0 Å². The summed E-state index contributed by atoms with van der Waals surface area (Å²) in [5.74, 6) is -0.0856. The maximum atomic E-state index is 12.3. The van der Waals surface area contributed by atoms with Crippen LogP contribution in [-0.2, 0) is 9.59 Å². The van der Waals surface area contributed by atoms with E-state index in [9.17, 15) is 9.59 Å². The highest BCUT2D eigenvalue weighted by molar-refractivity contribution is 5.97. The van der Waals surface area contributed by atoms with Gasteiger partial charge in [-0.15, -0.1) is 0 Å². The molecule has 2 aromatic rings. The quantitative estimate of drug-likeness (QED) is 0.845. The van der Waals surface area contributed by atoms with Crippen LogP contribution in [0.3, 0.4) is 0 Å². The van der Waals surface area contributed by atoms with Gasteiger partial charge in [-0.3, -0.25) is 9.59 Å². The molecular formula is C18H21N3O3. The van der Waals surface area contributed by atoms with Gasteiger partial charge in [0.25, 0.3) is 0 Å². The Bertz CT molecular complexity index is 740. The molecule has 6 heteroatoms. The molecule has 2 N–H and O–H groups in total. The van der Waals surface area contributed by atoms with E-state index in [1.165, 1.54) is 12.2 Å². The maximum absolute atomic E-state index is 12.3. The van der Waals surface area contributed by atoms with Gasteiger partial charge in [0.15, 0.2) is 5.58 Å². The average Bonchev–Trinajstić information content (AvgIpc) is 3.03. The zero-order valence-corrected chi connectivity index (χ0v) is 13.7. The van der Waals surface area contributed by atoms with Gasteiger partial charge in [-0.1, -0.05) is 31.4 Å². The first kappa shape index (κ1) is 16.2. The second-order valence-electron chi connectivity index (χ2n) is 6.06. The van der Waals surface area contributed by atoms with Crippen LogP contribution >= 0.6 is 0 Å². The number of benzene rings is 1. The summed E-state index contributed by atoms with van der Waals surface area (Å²) in [4.78, 5) is 28.8. The van der Waals surface area contributed by atoms with Crippen LogP contribution in [0.15, 0.2) is 34.8 Å². The number of para-hydroxylation sites is 2. The smallest absolute Gasteiger partial charge is 0.245 e. The van der Waals surface area contributed by atoms with Crippen LogP contribution in [0, 0.1) is 0 Å². The van der Waals surface area contributed by atoms with Gasteiger partial charge in [-0.05, 0) is 25.0 Å². The minimum absolute atomic E-state index is 0.134. The molecule has 0 radical (unpaired) electrons. The van der Waals surface area contributed by atoms with Gasteiger partial charge in [0, 0.05) is 19.2 Å². The highest BCUT2D eigenvalue weighted by atomic mass is 16.3. The van der Waals surface area contributed by atoms with Crippen molar-refractivity contribution in [1.82, 2.24) is 15.6 Å². The van der Waals surface area contributed by atoms with Gasteiger partial charge < -0.3 is 15.1 Å². The average molecular weight is 327 g/mol. The van der Waals surface area contributed by atoms with E-state index in [4.69, 9.17) is 4.42 Å². The zero-order valence-electron chi connectivity index (χ0n) is 13.7. The van der Waals surface area contributed by atoms with Crippen molar-refractivity contribution >= 4 is 29.0 Å². The second-order valence-corrected chi connectivity index (χ2v) is 6.06. The molecule has 2 amide bonds. The standard InChI is InChI=1S/C18H21N3O3/c1-19-17(23)18(11-5-2-6-12-18)21-15(22)9-10-16-20-13-7-3-4-8-14(13)24-16/h3-4,7-10H,2,5-6,11-12H2,1H3,(H,19,23)(H,21,22). The molecule has 126 valence electrons. The molecule has 1 aliphatic rings. The number of nitrogens with one attached hydrogen (secondary N) is 2. The molecule has 0 saturated heterocycles. The van der Waals surface area contributed by atoms with E-state index in [2.05, 4.69) is 15.6 Å². The molecular weight excluding hydrogens is 306 g/mol. The fraction of sp³-hybridized carbons (Fsp3) is 0.389. The maximum Gasteiger partial charge on any atom is 0.245 e. The van der Waals surface area contributed by atoms with Crippen molar-refractivity contribution in [1.29, 1.82) is 0 Å². The summed E-state index contributed by atoms with van der Waals surface area (Å²) < 4.78 is 5.54. The molecule has 1 aromatic heterocycles. The number of likely N-dealkylation sites (N-methyl/N-ethyl adjacent to an activating group) is 1. The Morgan fingerprint density at radius 2 is 1.96 bits per heavy atom. The lowest BCUT2D eigenvalue weighted by molar-refractivity contribution is -0.133. The Hall–Kier alpha value is -2.63. The summed E-state index contributed by atoms with van der Waals surface area (Å²) in [7, 11) is 1.60. The van der Waals surface area contributed by atoms with Crippen LogP contribution in [0.25, 0.3) is 17.2 Å². The van der Waals surface area contributed by atoms with Crippen molar-refractivity contribution in [2.45, 2.75) is 37.6 Å². The lowest BCUT2D eigenvalue weighted by Gasteiger charge is -2.35. The van der Waals surface area contributed by atoms with Crippen molar-refractivity contribution in [3.63, 3.8) is 0 Å². The zero-order chi connectivity index (χ0) is 17.0. The molecule has 0 aliphatic heterocycles. The van der Waals surface area contributed by atoms with Crippen molar-refractivity contribution in [3.8, 4) is 0 Å². The molecule has 24 heavy (non-hydrogen) atoms. The van der Waals surface area contributed by atoms with Crippen molar-refractivity contribution in [2.75, 3.05) is 7.05 Å². The van der Waals surface area contributed by atoms with Crippen LogP contribution in [0.2, 0.25) is 0 Å². The molecule has 1 aliphatic carbocycles. The van der Waals surface area contributed by atoms with E-state index < -0.39 is 5.54 Å². The number of amides is 2. The molecule has 1 aromatic carbocycles. The SMILES string of the molecule is CNC(=O)C1(NC(=O)C=Cc2nc3ccccc3o2)CCCCC1. The first-order valence-electron chi connectivity index (χ1n) is 8.21. The van der Waals surface area contributed by atoms with Gasteiger partial charge in [-0.25, -0.2) is 4.98 Å². The van der Waals surface area contributed by atoms with Crippen LogP contribution in [-0.4, -0.2) is 29.4 Å². The highest BCUT2D eigenvalue weighted by Crippen LogP contribution is 2.28. The second kappa shape index (κ2) is 6.86. The van der Waals surface area contributed by atoms with E-state index in [0.29, 0.717) is 24.3 Å². The Labute approximate surface area is 140 Å². The Morgan fingerprint density at radius 1 is 1.21 bits per heavy atom. The highest BCUT2D eigenvalue weighted by Gasteiger charge is 2.39. The molecule has 0 spiro atoms. The number of nitrogens with zero attached hydrogens (tertiary/aromatic N) is 1. The van der Waals surface area contributed by atoms with Gasteiger partial charge in [0.1, 0.15) is 11.1 Å². The molecule has 1 heterocycles. The Morgan fingerprint density at radius 3 is 2.67 bits per heavy atom. The van der Waals surface area contributed by atoms with Crippen molar-refractivity contribution < 1.29 is 14.0 Å². The number of carbonyl (C=O) groups excluding carboxylic acids is 2. The molecule has 1 saturated carbocycles. The Balaban J connectivity index is 1.72. The first-order chi connectivity index (χ1) is 11.6. The first-order valence-corrected chi connectivity index (χ1v) is 8.21. The van der Waals surface area contributed by atoms with E-state index in [-0.39, 0.29) is 11.8 Å². The normalized spacial score (nSPS) is 17.0. The number of fused-ring (bicyclic) bond motifs is 1. The molecule has 0 atom stereocenters. The number of hydrogen-bond donors (Lipinski definition) is 2. The summed E-state index contributed by atoms with van der Waals surface area (Å²) in [6.45, 7) is 0. The predicted molar refractivity (Wildman–Crippen MR) is 91.1 cm³/mol. The lowest BCUT2D eigenvalue weighted by Crippen LogP contribution is -2.58. The minimum atomic E-state index is -0.810. The van der Waals surface area contributed by atoms with Crippen LogP contribution < -0.4 is 10.6 Å². The predicted octanol–water partition coefficient (Wildman–Crippen LogP) is 2.41. The van der Waals surface area contributed by atoms with Crippen LogP contribution in [0.5, 0.6) is 0 Å². The number of aromatic nitrogens is 1. The number of hydrogen-bond acceptors (Lipinski definition) is 4.